The minimum absolute atomic E-state index is 0.0265. The number of hydrogen-bond donors (Lipinski definition) is 1. The van der Waals surface area contributed by atoms with Crippen LogP contribution in [-0.4, -0.2) is 28.7 Å². The molecule has 0 saturated heterocycles. The van der Waals surface area contributed by atoms with Gasteiger partial charge in [0, 0.05) is 19.2 Å². The van der Waals surface area contributed by atoms with E-state index in [9.17, 15) is 9.59 Å². The number of benzene rings is 1. The summed E-state index contributed by atoms with van der Waals surface area (Å²) in [5.41, 5.74) is 7.42. The zero-order chi connectivity index (χ0) is 17.0. The van der Waals surface area contributed by atoms with Gasteiger partial charge in [-0.05, 0) is 37.5 Å². The lowest BCUT2D eigenvalue weighted by Crippen LogP contribution is -2.26. The summed E-state index contributed by atoms with van der Waals surface area (Å²) in [6, 6.07) is 6.97. The van der Waals surface area contributed by atoms with E-state index in [0.717, 1.165) is 29.1 Å². The molecule has 0 aliphatic heterocycles. The molecule has 0 fully saturated rings. The summed E-state index contributed by atoms with van der Waals surface area (Å²) in [6.45, 7) is 4.44. The molecule has 2 aromatic rings. The molecule has 5 nitrogen and oxygen atoms in total. The van der Waals surface area contributed by atoms with Crippen LogP contribution in [0, 0.1) is 6.92 Å². The van der Waals surface area contributed by atoms with Crippen LogP contribution in [0.4, 0.5) is 0 Å². The Morgan fingerprint density at radius 3 is 2.48 bits per heavy atom. The number of thiazole rings is 1. The number of carbonyl (C=O) groups is 2. The number of aromatic nitrogens is 1. The summed E-state index contributed by atoms with van der Waals surface area (Å²) in [5.74, 6) is -0.481. The Kier molecular flexibility index (Phi) is 5.50. The van der Waals surface area contributed by atoms with Gasteiger partial charge in [0.25, 0.3) is 5.91 Å². The van der Waals surface area contributed by atoms with E-state index in [1.807, 2.05) is 19.1 Å². The van der Waals surface area contributed by atoms with Crippen molar-refractivity contribution >= 4 is 23.2 Å². The van der Waals surface area contributed by atoms with Gasteiger partial charge in [-0.25, -0.2) is 4.98 Å². The van der Waals surface area contributed by atoms with Crippen LogP contribution in [0.3, 0.4) is 0 Å². The van der Waals surface area contributed by atoms with Crippen LogP contribution in [0.2, 0.25) is 0 Å². The molecule has 0 saturated carbocycles. The van der Waals surface area contributed by atoms with Crippen molar-refractivity contribution in [3.05, 3.63) is 51.0 Å². The second-order valence-corrected chi connectivity index (χ2v) is 6.58. The highest BCUT2D eigenvalue weighted by molar-refractivity contribution is 7.13. The number of aryl methyl sites for hydroxylation is 2. The zero-order valence-electron chi connectivity index (χ0n) is 13.6. The number of primary amides is 1. The fourth-order valence-electron chi connectivity index (χ4n) is 2.26. The van der Waals surface area contributed by atoms with E-state index in [1.165, 1.54) is 11.3 Å². The summed E-state index contributed by atoms with van der Waals surface area (Å²) in [5, 5.41) is 1.01. The maximum Gasteiger partial charge on any atom is 0.265 e. The quantitative estimate of drug-likeness (QED) is 0.884. The third kappa shape index (κ3) is 4.16. The fraction of sp³-hybridized carbons (Fsp3) is 0.353. The van der Waals surface area contributed by atoms with E-state index in [2.05, 4.69) is 11.9 Å². The van der Waals surface area contributed by atoms with Crippen LogP contribution < -0.4 is 5.73 Å². The van der Waals surface area contributed by atoms with E-state index in [0.29, 0.717) is 17.0 Å². The maximum absolute atomic E-state index is 12.6. The maximum atomic E-state index is 12.6. The number of nitrogens with zero attached hydrogens (tertiary/aromatic N) is 2. The van der Waals surface area contributed by atoms with Crippen molar-refractivity contribution in [3.8, 4) is 0 Å². The number of nitrogens with two attached hydrogens (primary N) is 1. The monoisotopic (exact) mass is 331 g/mol. The van der Waals surface area contributed by atoms with Crippen LogP contribution >= 0.6 is 11.3 Å². The summed E-state index contributed by atoms with van der Waals surface area (Å²) in [6.07, 6.45) is 1.92. The Morgan fingerprint density at radius 2 is 1.91 bits per heavy atom. The van der Waals surface area contributed by atoms with Crippen molar-refractivity contribution in [2.24, 2.45) is 5.73 Å². The molecular formula is C17H21N3O2S. The lowest BCUT2D eigenvalue weighted by Gasteiger charge is -2.16. The zero-order valence-corrected chi connectivity index (χ0v) is 14.4. The summed E-state index contributed by atoms with van der Waals surface area (Å²) >= 11 is 1.47. The molecule has 0 bridgehead atoms. The van der Waals surface area contributed by atoms with Crippen LogP contribution in [0.15, 0.2) is 24.3 Å². The molecule has 2 N–H and O–H groups in total. The highest BCUT2D eigenvalue weighted by Crippen LogP contribution is 2.21. The van der Waals surface area contributed by atoms with Crippen molar-refractivity contribution in [2.45, 2.75) is 33.2 Å². The Bertz CT molecular complexity index is 707. The molecule has 1 heterocycles. The van der Waals surface area contributed by atoms with Crippen LogP contribution in [0.1, 0.15) is 49.6 Å². The van der Waals surface area contributed by atoms with Gasteiger partial charge < -0.3 is 10.6 Å². The smallest absolute Gasteiger partial charge is 0.265 e. The van der Waals surface area contributed by atoms with Crippen molar-refractivity contribution in [2.75, 3.05) is 7.05 Å². The molecule has 0 aliphatic carbocycles. The largest absolute Gasteiger partial charge is 0.366 e. The summed E-state index contributed by atoms with van der Waals surface area (Å²) < 4.78 is 0. The molecule has 6 heteroatoms. The minimum atomic E-state index is -0.454. The van der Waals surface area contributed by atoms with Crippen molar-refractivity contribution in [3.63, 3.8) is 0 Å². The average molecular weight is 331 g/mol. The Labute approximate surface area is 140 Å². The number of hydrogen-bond acceptors (Lipinski definition) is 4. The molecule has 2 rings (SSSR count). The molecule has 0 aliphatic rings. The lowest BCUT2D eigenvalue weighted by atomic mass is 10.1. The second kappa shape index (κ2) is 7.37. The lowest BCUT2D eigenvalue weighted by molar-refractivity contribution is 0.0788. The first-order chi connectivity index (χ1) is 10.9. The van der Waals surface area contributed by atoms with Crippen molar-refractivity contribution in [1.82, 2.24) is 9.88 Å². The van der Waals surface area contributed by atoms with Gasteiger partial charge in [-0.2, -0.15) is 0 Å². The normalized spacial score (nSPS) is 10.6. The molecule has 1 aromatic heterocycles. The number of carbonyl (C=O) groups excluding carboxylic acids is 2. The first kappa shape index (κ1) is 17.1. The van der Waals surface area contributed by atoms with E-state index in [1.54, 1.807) is 24.1 Å². The van der Waals surface area contributed by atoms with Gasteiger partial charge in [0.05, 0.1) is 10.7 Å². The first-order valence-corrected chi connectivity index (χ1v) is 8.34. The molecular weight excluding hydrogens is 310 g/mol. The Hall–Kier alpha value is -2.21. The second-order valence-electron chi connectivity index (χ2n) is 5.49. The SMILES string of the molecule is CCCc1nc(C)c(C(=O)N(C)Cc2ccc(C(N)=O)cc2)s1. The van der Waals surface area contributed by atoms with Crippen LogP contribution in [-0.2, 0) is 13.0 Å². The molecule has 0 unspecified atom stereocenters. The van der Waals surface area contributed by atoms with E-state index >= 15 is 0 Å². The van der Waals surface area contributed by atoms with Crippen molar-refractivity contribution < 1.29 is 9.59 Å². The van der Waals surface area contributed by atoms with Gasteiger partial charge in [-0.3, -0.25) is 9.59 Å². The van der Waals surface area contributed by atoms with Gasteiger partial charge in [0.15, 0.2) is 0 Å². The predicted octanol–water partition coefficient (Wildman–Crippen LogP) is 2.78. The van der Waals surface area contributed by atoms with Gasteiger partial charge in [-0.1, -0.05) is 19.1 Å². The minimum Gasteiger partial charge on any atom is -0.366 e. The third-order valence-corrected chi connectivity index (χ3v) is 4.71. The average Bonchev–Trinajstić information content (AvgIpc) is 2.88. The van der Waals surface area contributed by atoms with Gasteiger partial charge in [0.1, 0.15) is 4.88 Å². The van der Waals surface area contributed by atoms with Gasteiger partial charge in [0.2, 0.25) is 5.91 Å². The Morgan fingerprint density at radius 1 is 1.26 bits per heavy atom. The predicted molar refractivity (Wildman–Crippen MR) is 91.6 cm³/mol. The molecule has 0 atom stereocenters. The standard InChI is InChI=1S/C17H21N3O2S/c1-4-5-14-19-11(2)15(23-14)17(22)20(3)10-12-6-8-13(9-7-12)16(18)21/h6-9H,4-5,10H2,1-3H3,(H2,18,21). The molecule has 0 spiro atoms. The molecule has 0 radical (unpaired) electrons. The topological polar surface area (TPSA) is 76.3 Å². The van der Waals surface area contributed by atoms with E-state index < -0.39 is 5.91 Å². The molecule has 122 valence electrons. The number of amides is 2. The van der Waals surface area contributed by atoms with Gasteiger partial charge in [-0.15, -0.1) is 11.3 Å². The summed E-state index contributed by atoms with van der Waals surface area (Å²) in [7, 11) is 1.77. The Balaban J connectivity index is 2.09. The first-order valence-electron chi connectivity index (χ1n) is 7.53. The molecule has 23 heavy (non-hydrogen) atoms. The van der Waals surface area contributed by atoms with E-state index in [4.69, 9.17) is 5.73 Å². The highest BCUT2D eigenvalue weighted by Gasteiger charge is 2.19. The molecule has 1 aromatic carbocycles. The van der Waals surface area contributed by atoms with E-state index in [-0.39, 0.29) is 5.91 Å². The van der Waals surface area contributed by atoms with Crippen LogP contribution in [0.5, 0.6) is 0 Å². The third-order valence-electron chi connectivity index (χ3n) is 3.50. The van der Waals surface area contributed by atoms with Crippen molar-refractivity contribution in [1.29, 1.82) is 0 Å². The highest BCUT2D eigenvalue weighted by atomic mass is 32.1. The summed E-state index contributed by atoms with van der Waals surface area (Å²) in [4.78, 5) is 30.5. The molecule has 2 amide bonds. The van der Waals surface area contributed by atoms with Gasteiger partial charge >= 0.3 is 0 Å². The van der Waals surface area contributed by atoms with Crippen LogP contribution in [0.25, 0.3) is 0 Å². The number of rotatable bonds is 6. The fourth-order valence-corrected chi connectivity index (χ4v) is 3.43.